The molecule has 4 N–H and O–H groups in total. The Kier molecular flexibility index (Phi) is 6.43. The second-order valence-electron chi connectivity index (χ2n) is 8.79. The standard InChI is InChI=1S/C24H31N7O3/c1-16-20(9-8-19(27-16)21(32)26-2)31-12-10-30(11-13-31)14-17-6-4-5-7-18(17)24(22(33)34)15-29(3)23(25)28-24/h4-9H,10-15H2,1-3H3,(H2,25,28)(H,26,32)(H,33,34). The van der Waals surface area contributed by atoms with Crippen LogP contribution in [0.5, 0.6) is 0 Å². The van der Waals surface area contributed by atoms with Crippen molar-refractivity contribution in [2.75, 3.05) is 51.7 Å². The summed E-state index contributed by atoms with van der Waals surface area (Å²) in [5.41, 5.74) is 8.44. The molecule has 1 amide bonds. The Labute approximate surface area is 199 Å². The number of aryl methyl sites for hydroxylation is 1. The van der Waals surface area contributed by atoms with Gasteiger partial charge in [0.15, 0.2) is 5.96 Å². The number of amides is 1. The fraction of sp³-hybridized carbons (Fsp3) is 0.417. The van der Waals surface area contributed by atoms with Crippen LogP contribution >= 0.6 is 0 Å². The van der Waals surface area contributed by atoms with E-state index in [4.69, 9.17) is 5.73 Å². The third kappa shape index (κ3) is 4.28. The Bertz CT molecular complexity index is 1130. The number of aromatic nitrogens is 1. The first kappa shape index (κ1) is 23.5. The molecular formula is C24H31N7O3. The molecule has 3 heterocycles. The van der Waals surface area contributed by atoms with Gasteiger partial charge in [0.2, 0.25) is 5.54 Å². The molecule has 34 heavy (non-hydrogen) atoms. The maximum atomic E-state index is 12.3. The van der Waals surface area contributed by atoms with Crippen LogP contribution < -0.4 is 16.0 Å². The highest BCUT2D eigenvalue weighted by molar-refractivity contribution is 5.92. The van der Waals surface area contributed by atoms with E-state index in [1.54, 1.807) is 25.1 Å². The molecule has 10 nitrogen and oxygen atoms in total. The van der Waals surface area contributed by atoms with Crippen LogP contribution in [0.3, 0.4) is 0 Å². The number of benzene rings is 1. The minimum absolute atomic E-state index is 0.197. The zero-order valence-electron chi connectivity index (χ0n) is 19.8. The van der Waals surface area contributed by atoms with Crippen LogP contribution in [0.2, 0.25) is 0 Å². The SMILES string of the molecule is CNC(=O)c1ccc(N2CCN(Cc3ccccc3C3(C(=O)O)CN(C)C(N)=N3)CC2)c(C)n1. The number of carboxylic acid groups (broad SMARTS) is 1. The predicted octanol–water partition coefficient (Wildman–Crippen LogP) is 0.612. The van der Waals surface area contributed by atoms with Crippen molar-refractivity contribution in [3.63, 3.8) is 0 Å². The number of nitrogens with zero attached hydrogens (tertiary/aromatic N) is 5. The number of nitrogens with two attached hydrogens (primary N) is 1. The summed E-state index contributed by atoms with van der Waals surface area (Å²) in [6, 6.07) is 11.3. The van der Waals surface area contributed by atoms with Crippen molar-refractivity contribution in [3.8, 4) is 0 Å². The molecule has 1 aromatic carbocycles. The molecule has 1 saturated heterocycles. The van der Waals surface area contributed by atoms with E-state index in [-0.39, 0.29) is 18.4 Å². The number of rotatable bonds is 6. The number of hydrogen-bond acceptors (Lipinski definition) is 8. The highest BCUT2D eigenvalue weighted by Gasteiger charge is 2.47. The Morgan fingerprint density at radius 3 is 2.44 bits per heavy atom. The molecule has 2 aliphatic heterocycles. The summed E-state index contributed by atoms with van der Waals surface area (Å²) in [6.45, 7) is 6.00. The number of likely N-dealkylation sites (N-methyl/N-ethyl adjacent to an activating group) is 1. The lowest BCUT2D eigenvalue weighted by atomic mass is 9.87. The van der Waals surface area contributed by atoms with Crippen molar-refractivity contribution in [1.82, 2.24) is 20.1 Å². The van der Waals surface area contributed by atoms with Crippen LogP contribution in [0.15, 0.2) is 41.4 Å². The third-order valence-electron chi connectivity index (χ3n) is 6.60. The lowest BCUT2D eigenvalue weighted by Crippen LogP contribution is -2.47. The molecule has 2 aromatic rings. The van der Waals surface area contributed by atoms with Gasteiger partial charge in [0.1, 0.15) is 5.69 Å². The van der Waals surface area contributed by atoms with Gasteiger partial charge in [0.05, 0.1) is 17.9 Å². The fourth-order valence-electron chi connectivity index (χ4n) is 4.71. The van der Waals surface area contributed by atoms with Crippen LogP contribution in [-0.2, 0) is 16.9 Å². The monoisotopic (exact) mass is 465 g/mol. The number of hydrogen-bond donors (Lipinski definition) is 3. The van der Waals surface area contributed by atoms with Gasteiger partial charge in [-0.1, -0.05) is 24.3 Å². The molecule has 0 spiro atoms. The number of pyridine rings is 1. The van der Waals surface area contributed by atoms with Crippen molar-refractivity contribution in [3.05, 3.63) is 58.9 Å². The van der Waals surface area contributed by atoms with Gasteiger partial charge < -0.3 is 26.0 Å². The smallest absolute Gasteiger partial charge is 0.338 e. The summed E-state index contributed by atoms with van der Waals surface area (Å²) in [5.74, 6) is -0.964. The summed E-state index contributed by atoms with van der Waals surface area (Å²) in [5, 5.41) is 12.7. The van der Waals surface area contributed by atoms with Gasteiger partial charge in [0.25, 0.3) is 5.91 Å². The number of nitrogens with one attached hydrogen (secondary N) is 1. The molecule has 2 aliphatic rings. The zero-order valence-corrected chi connectivity index (χ0v) is 19.8. The fourth-order valence-corrected chi connectivity index (χ4v) is 4.71. The lowest BCUT2D eigenvalue weighted by molar-refractivity contribution is -0.143. The van der Waals surface area contributed by atoms with Crippen molar-refractivity contribution in [1.29, 1.82) is 0 Å². The molecule has 1 atom stereocenters. The Morgan fingerprint density at radius 2 is 1.85 bits per heavy atom. The molecule has 180 valence electrons. The number of carbonyl (C=O) groups excluding carboxylic acids is 1. The summed E-state index contributed by atoms with van der Waals surface area (Å²) < 4.78 is 0. The first-order valence-corrected chi connectivity index (χ1v) is 11.3. The highest BCUT2D eigenvalue weighted by atomic mass is 16.4. The van der Waals surface area contributed by atoms with Crippen LogP contribution in [0, 0.1) is 6.92 Å². The van der Waals surface area contributed by atoms with Gasteiger partial charge in [-0.25, -0.2) is 14.8 Å². The summed E-state index contributed by atoms with van der Waals surface area (Å²) in [4.78, 5) is 39.3. The van der Waals surface area contributed by atoms with Gasteiger partial charge in [-0.15, -0.1) is 0 Å². The average molecular weight is 466 g/mol. The van der Waals surface area contributed by atoms with E-state index in [2.05, 4.69) is 25.1 Å². The Morgan fingerprint density at radius 1 is 1.15 bits per heavy atom. The van der Waals surface area contributed by atoms with E-state index >= 15 is 0 Å². The lowest BCUT2D eigenvalue weighted by Gasteiger charge is -2.37. The Hall–Kier alpha value is -3.66. The molecule has 10 heteroatoms. The predicted molar refractivity (Wildman–Crippen MR) is 130 cm³/mol. The first-order chi connectivity index (χ1) is 16.2. The van der Waals surface area contributed by atoms with Crippen LogP contribution in [0.1, 0.15) is 27.3 Å². The van der Waals surface area contributed by atoms with Crippen LogP contribution in [0.4, 0.5) is 5.69 Å². The van der Waals surface area contributed by atoms with Crippen LogP contribution in [0.25, 0.3) is 0 Å². The topological polar surface area (TPSA) is 127 Å². The molecule has 0 aliphatic carbocycles. The Balaban J connectivity index is 1.48. The van der Waals surface area contributed by atoms with E-state index in [1.807, 2.05) is 37.3 Å². The molecule has 0 bridgehead atoms. The van der Waals surface area contributed by atoms with Crippen molar-refractivity contribution >= 4 is 23.5 Å². The van der Waals surface area contributed by atoms with E-state index in [0.717, 1.165) is 43.1 Å². The molecule has 1 fully saturated rings. The number of aliphatic imine (C=N–C) groups is 1. The van der Waals surface area contributed by atoms with E-state index in [0.29, 0.717) is 17.8 Å². The highest BCUT2D eigenvalue weighted by Crippen LogP contribution is 2.34. The zero-order chi connectivity index (χ0) is 24.5. The third-order valence-corrected chi connectivity index (χ3v) is 6.60. The van der Waals surface area contributed by atoms with Crippen molar-refractivity contribution in [2.45, 2.75) is 19.0 Å². The maximum Gasteiger partial charge on any atom is 0.338 e. The maximum absolute atomic E-state index is 12.3. The summed E-state index contributed by atoms with van der Waals surface area (Å²) >= 11 is 0. The van der Waals surface area contributed by atoms with Gasteiger partial charge in [-0.2, -0.15) is 0 Å². The normalized spacial score (nSPS) is 20.9. The molecule has 0 saturated carbocycles. The van der Waals surface area contributed by atoms with Gasteiger partial charge in [-0.3, -0.25) is 9.69 Å². The molecule has 1 aromatic heterocycles. The molecule has 4 rings (SSSR count). The minimum Gasteiger partial charge on any atom is -0.479 e. The van der Waals surface area contributed by atoms with E-state index in [9.17, 15) is 14.7 Å². The number of aliphatic carboxylic acids is 1. The molecular weight excluding hydrogens is 434 g/mol. The second-order valence-corrected chi connectivity index (χ2v) is 8.79. The van der Waals surface area contributed by atoms with Gasteiger partial charge in [0, 0.05) is 46.8 Å². The first-order valence-electron chi connectivity index (χ1n) is 11.3. The summed E-state index contributed by atoms with van der Waals surface area (Å²) in [7, 11) is 3.35. The molecule has 0 radical (unpaired) electrons. The van der Waals surface area contributed by atoms with E-state index in [1.165, 1.54) is 0 Å². The number of carbonyl (C=O) groups is 2. The average Bonchev–Trinajstić information content (AvgIpc) is 3.14. The molecule has 1 unspecified atom stereocenters. The number of piperazine rings is 1. The summed E-state index contributed by atoms with van der Waals surface area (Å²) in [6.07, 6.45) is 0. The number of guanidine groups is 1. The van der Waals surface area contributed by atoms with Crippen molar-refractivity contribution in [2.24, 2.45) is 10.7 Å². The van der Waals surface area contributed by atoms with Gasteiger partial charge >= 0.3 is 5.97 Å². The quantitative estimate of drug-likeness (QED) is 0.566. The largest absolute Gasteiger partial charge is 0.479 e. The number of carboxylic acids is 1. The van der Waals surface area contributed by atoms with Crippen LogP contribution in [-0.4, -0.2) is 84.5 Å². The number of anilines is 1. The minimum atomic E-state index is -1.40. The van der Waals surface area contributed by atoms with Gasteiger partial charge in [-0.05, 0) is 30.2 Å². The second kappa shape index (κ2) is 9.30. The van der Waals surface area contributed by atoms with Crippen molar-refractivity contribution < 1.29 is 14.7 Å². The van der Waals surface area contributed by atoms with E-state index < -0.39 is 11.5 Å².